The van der Waals surface area contributed by atoms with Crippen molar-refractivity contribution in [2.24, 2.45) is 17.6 Å². The minimum absolute atomic E-state index is 0. The number of likely N-dealkylation sites (tertiary alicyclic amines) is 1. The average molecular weight is 284 g/mol. The predicted octanol–water partition coefficient (Wildman–Crippen LogP) is 1.87. The third-order valence-electron chi connectivity index (χ3n) is 3.94. The molecule has 0 radical (unpaired) electrons. The summed E-state index contributed by atoms with van der Waals surface area (Å²) in [6.45, 7) is 6.33. The van der Waals surface area contributed by atoms with E-state index in [9.17, 15) is 4.79 Å². The number of piperidine rings is 1. The van der Waals surface area contributed by atoms with E-state index in [4.69, 9.17) is 5.73 Å². The molecule has 1 aromatic rings. The van der Waals surface area contributed by atoms with E-state index in [1.54, 1.807) is 6.20 Å². The lowest BCUT2D eigenvalue weighted by Gasteiger charge is -2.36. The quantitative estimate of drug-likeness (QED) is 0.901. The molecule has 2 unspecified atom stereocenters. The maximum atomic E-state index is 12.4. The highest BCUT2D eigenvalue weighted by Gasteiger charge is 2.28. The Morgan fingerprint density at radius 1 is 1.58 bits per heavy atom. The van der Waals surface area contributed by atoms with Crippen LogP contribution in [0.4, 0.5) is 0 Å². The molecule has 1 saturated heterocycles. The number of carbonyl (C=O) groups is 1. The number of aryl methyl sites for hydroxylation is 1. The predicted molar refractivity (Wildman–Crippen MR) is 78.5 cm³/mol. The van der Waals surface area contributed by atoms with Crippen molar-refractivity contribution in [2.45, 2.75) is 20.3 Å². The second-order valence-corrected chi connectivity index (χ2v) is 5.15. The minimum atomic E-state index is 0. The molecule has 19 heavy (non-hydrogen) atoms. The van der Waals surface area contributed by atoms with Gasteiger partial charge in [-0.3, -0.25) is 9.78 Å². The third-order valence-corrected chi connectivity index (χ3v) is 3.94. The number of hydrogen-bond acceptors (Lipinski definition) is 3. The molecule has 4 nitrogen and oxygen atoms in total. The molecule has 0 aromatic carbocycles. The van der Waals surface area contributed by atoms with Crippen molar-refractivity contribution in [2.75, 3.05) is 19.6 Å². The Balaban J connectivity index is 0.00000180. The molecule has 2 atom stereocenters. The Morgan fingerprint density at radius 3 is 2.95 bits per heavy atom. The molecule has 106 valence electrons. The van der Waals surface area contributed by atoms with E-state index in [1.807, 2.05) is 24.0 Å². The molecule has 1 aromatic heterocycles. The monoisotopic (exact) mass is 283 g/mol. The molecule has 5 heteroatoms. The Hall–Kier alpha value is -1.13. The second kappa shape index (κ2) is 6.87. The van der Waals surface area contributed by atoms with Gasteiger partial charge in [0.15, 0.2) is 0 Å². The number of nitrogens with two attached hydrogens (primary N) is 1. The summed E-state index contributed by atoms with van der Waals surface area (Å²) in [7, 11) is 0. The highest BCUT2D eigenvalue weighted by atomic mass is 35.5. The average Bonchev–Trinajstić information content (AvgIpc) is 2.39. The summed E-state index contributed by atoms with van der Waals surface area (Å²) in [4.78, 5) is 18.5. The van der Waals surface area contributed by atoms with E-state index < -0.39 is 0 Å². The molecule has 2 heterocycles. The summed E-state index contributed by atoms with van der Waals surface area (Å²) in [6, 6.07) is 3.66. The topological polar surface area (TPSA) is 59.2 Å². The summed E-state index contributed by atoms with van der Waals surface area (Å²) in [5.74, 6) is 1.11. The lowest BCUT2D eigenvalue weighted by Crippen LogP contribution is -2.45. The molecule has 1 amide bonds. The van der Waals surface area contributed by atoms with Gasteiger partial charge >= 0.3 is 0 Å². The molecule has 0 bridgehead atoms. The second-order valence-electron chi connectivity index (χ2n) is 5.15. The van der Waals surface area contributed by atoms with E-state index >= 15 is 0 Å². The number of halogens is 1. The molecule has 0 spiro atoms. The number of pyridine rings is 1. The van der Waals surface area contributed by atoms with E-state index in [0.29, 0.717) is 23.9 Å². The zero-order valence-electron chi connectivity index (χ0n) is 11.5. The van der Waals surface area contributed by atoms with E-state index in [0.717, 1.165) is 25.2 Å². The van der Waals surface area contributed by atoms with Crippen molar-refractivity contribution < 1.29 is 4.79 Å². The van der Waals surface area contributed by atoms with Crippen molar-refractivity contribution in [3.05, 3.63) is 29.6 Å². The van der Waals surface area contributed by atoms with Crippen LogP contribution in [0.5, 0.6) is 0 Å². The van der Waals surface area contributed by atoms with Crippen LogP contribution < -0.4 is 5.73 Å². The Kier molecular flexibility index (Phi) is 5.76. The number of hydrogen-bond donors (Lipinski definition) is 1. The number of aromatic nitrogens is 1. The molecular formula is C14H22ClN3O. The molecule has 0 aliphatic carbocycles. The number of carbonyl (C=O) groups excluding carboxylic acids is 1. The fourth-order valence-corrected chi connectivity index (χ4v) is 2.52. The van der Waals surface area contributed by atoms with Crippen molar-refractivity contribution in [3.63, 3.8) is 0 Å². The van der Waals surface area contributed by atoms with E-state index in [1.165, 1.54) is 0 Å². The first-order chi connectivity index (χ1) is 8.63. The number of amides is 1. The zero-order valence-corrected chi connectivity index (χ0v) is 12.3. The van der Waals surface area contributed by atoms with Gasteiger partial charge in [-0.2, -0.15) is 0 Å². The van der Waals surface area contributed by atoms with Crippen LogP contribution >= 0.6 is 12.4 Å². The van der Waals surface area contributed by atoms with Crippen molar-refractivity contribution in [1.82, 2.24) is 9.88 Å². The van der Waals surface area contributed by atoms with Gasteiger partial charge in [0.25, 0.3) is 5.91 Å². The minimum Gasteiger partial charge on any atom is -0.338 e. The lowest BCUT2D eigenvalue weighted by atomic mass is 9.87. The van der Waals surface area contributed by atoms with Gasteiger partial charge in [0.2, 0.25) is 0 Å². The summed E-state index contributed by atoms with van der Waals surface area (Å²) in [5, 5.41) is 0. The fraction of sp³-hybridized carbons (Fsp3) is 0.571. The molecule has 2 N–H and O–H groups in total. The SMILES string of the molecule is Cc1ncccc1C(=O)N1CCC(C)C(CN)C1.Cl. The normalized spacial score (nSPS) is 22.8. The Morgan fingerprint density at radius 2 is 2.32 bits per heavy atom. The maximum absolute atomic E-state index is 12.4. The molecule has 0 saturated carbocycles. The molecular weight excluding hydrogens is 262 g/mol. The highest BCUT2D eigenvalue weighted by molar-refractivity contribution is 5.95. The van der Waals surface area contributed by atoms with Crippen LogP contribution in [0, 0.1) is 18.8 Å². The number of nitrogens with zero attached hydrogens (tertiary/aromatic N) is 2. The first-order valence-corrected chi connectivity index (χ1v) is 6.54. The summed E-state index contributed by atoms with van der Waals surface area (Å²) >= 11 is 0. The van der Waals surface area contributed by atoms with Crippen molar-refractivity contribution in [1.29, 1.82) is 0 Å². The molecule has 1 aliphatic heterocycles. The third kappa shape index (κ3) is 3.45. The summed E-state index contributed by atoms with van der Waals surface area (Å²) in [6.07, 6.45) is 2.75. The van der Waals surface area contributed by atoms with Crippen molar-refractivity contribution in [3.8, 4) is 0 Å². The van der Waals surface area contributed by atoms with Crippen molar-refractivity contribution >= 4 is 18.3 Å². The maximum Gasteiger partial charge on any atom is 0.255 e. The lowest BCUT2D eigenvalue weighted by molar-refractivity contribution is 0.0617. The van der Waals surface area contributed by atoms with E-state index in [2.05, 4.69) is 11.9 Å². The van der Waals surface area contributed by atoms with Gasteiger partial charge in [-0.05, 0) is 43.9 Å². The first-order valence-electron chi connectivity index (χ1n) is 6.54. The van der Waals surface area contributed by atoms with Gasteiger partial charge in [0.1, 0.15) is 0 Å². The summed E-state index contributed by atoms with van der Waals surface area (Å²) in [5.41, 5.74) is 7.28. The van der Waals surface area contributed by atoms with Gasteiger partial charge in [-0.15, -0.1) is 12.4 Å². The molecule has 1 fully saturated rings. The molecule has 2 rings (SSSR count). The largest absolute Gasteiger partial charge is 0.338 e. The van der Waals surface area contributed by atoms with Crippen LogP contribution in [0.3, 0.4) is 0 Å². The van der Waals surface area contributed by atoms with Crippen LogP contribution in [0.25, 0.3) is 0 Å². The molecule has 1 aliphatic rings. The van der Waals surface area contributed by atoms with Crippen LogP contribution in [0.15, 0.2) is 18.3 Å². The van der Waals surface area contributed by atoms with Crippen LogP contribution in [0.2, 0.25) is 0 Å². The van der Waals surface area contributed by atoms with Gasteiger partial charge in [-0.25, -0.2) is 0 Å². The van der Waals surface area contributed by atoms with Crippen LogP contribution in [-0.4, -0.2) is 35.4 Å². The standard InChI is InChI=1S/C14H21N3O.ClH/c1-10-5-7-17(9-12(10)8-15)14(18)13-4-3-6-16-11(13)2;/h3-4,6,10,12H,5,7-9,15H2,1-2H3;1H. The van der Waals surface area contributed by atoms with Crippen LogP contribution in [0.1, 0.15) is 29.4 Å². The zero-order chi connectivity index (χ0) is 13.1. The fourth-order valence-electron chi connectivity index (χ4n) is 2.52. The number of rotatable bonds is 2. The summed E-state index contributed by atoms with van der Waals surface area (Å²) < 4.78 is 0. The van der Waals surface area contributed by atoms with Crippen LogP contribution in [-0.2, 0) is 0 Å². The van der Waals surface area contributed by atoms with E-state index in [-0.39, 0.29) is 18.3 Å². The van der Waals surface area contributed by atoms with Gasteiger partial charge in [0.05, 0.1) is 5.56 Å². The Bertz CT molecular complexity index is 438. The van der Waals surface area contributed by atoms with Gasteiger partial charge < -0.3 is 10.6 Å². The smallest absolute Gasteiger partial charge is 0.255 e. The van der Waals surface area contributed by atoms with Gasteiger partial charge in [-0.1, -0.05) is 6.92 Å². The highest BCUT2D eigenvalue weighted by Crippen LogP contribution is 2.23. The van der Waals surface area contributed by atoms with Gasteiger partial charge in [0, 0.05) is 25.0 Å². The first kappa shape index (κ1) is 15.9. The Labute approximate surface area is 120 Å².